The number of carbonyl (C=O) groups excluding carboxylic acids is 1. The van der Waals surface area contributed by atoms with Crippen molar-refractivity contribution >= 4 is 5.91 Å². The lowest BCUT2D eigenvalue weighted by Gasteiger charge is -2.34. The van der Waals surface area contributed by atoms with Gasteiger partial charge in [0.2, 0.25) is 5.91 Å². The largest absolute Gasteiger partial charge is 0.342 e. The normalized spacial score (nSPS) is 22.1. The number of piperidine rings is 1. The molecule has 2 aliphatic rings. The molecule has 2 fully saturated rings. The Kier molecular flexibility index (Phi) is 6.82. The number of hydroxylamine groups is 2. The van der Waals surface area contributed by atoms with Crippen LogP contribution < -0.4 is 0 Å². The van der Waals surface area contributed by atoms with Crippen LogP contribution in [0.25, 0.3) is 0 Å². The molecule has 0 spiro atoms. The van der Waals surface area contributed by atoms with E-state index in [1.807, 2.05) is 22.1 Å². The van der Waals surface area contributed by atoms with E-state index in [0.717, 1.165) is 70.3 Å². The third kappa shape index (κ3) is 5.51. The number of likely N-dealkylation sites (tertiary alicyclic amines) is 1. The van der Waals surface area contributed by atoms with E-state index in [1.54, 1.807) is 6.07 Å². The fraction of sp³-hybridized carbons (Fsp3) is 0.650. The first-order valence-corrected chi connectivity index (χ1v) is 9.61. The number of hydrogen-bond acceptors (Lipinski definition) is 3. The van der Waals surface area contributed by atoms with Crippen molar-refractivity contribution < 1.29 is 14.0 Å². The Hall–Kier alpha value is -1.46. The number of halogens is 1. The highest BCUT2D eigenvalue weighted by Gasteiger charge is 2.24. The minimum Gasteiger partial charge on any atom is -0.342 e. The molecule has 2 heterocycles. The van der Waals surface area contributed by atoms with Gasteiger partial charge in [0, 0.05) is 32.6 Å². The van der Waals surface area contributed by atoms with E-state index in [1.165, 1.54) is 6.07 Å². The molecule has 0 saturated carbocycles. The Bertz CT molecular complexity index is 560. The summed E-state index contributed by atoms with van der Waals surface area (Å²) in [6.07, 6.45) is 6.67. The van der Waals surface area contributed by atoms with Crippen LogP contribution in [-0.2, 0) is 16.1 Å². The number of rotatable bonds is 6. The quantitative estimate of drug-likeness (QED) is 0.790. The van der Waals surface area contributed by atoms with Gasteiger partial charge in [-0.2, -0.15) is 5.06 Å². The maximum atomic E-state index is 13.7. The molecule has 1 aromatic carbocycles. The third-order valence-corrected chi connectivity index (χ3v) is 5.30. The fourth-order valence-electron chi connectivity index (χ4n) is 3.79. The van der Waals surface area contributed by atoms with Crippen molar-refractivity contribution in [3.8, 4) is 0 Å². The smallest absolute Gasteiger partial charge is 0.223 e. The van der Waals surface area contributed by atoms with E-state index in [0.29, 0.717) is 18.9 Å². The summed E-state index contributed by atoms with van der Waals surface area (Å²) in [5, 5.41) is 1.93. The highest BCUT2D eigenvalue weighted by Crippen LogP contribution is 2.23. The molecule has 0 radical (unpaired) electrons. The lowest BCUT2D eigenvalue weighted by molar-refractivity contribution is -0.182. The maximum Gasteiger partial charge on any atom is 0.223 e. The van der Waals surface area contributed by atoms with Crippen LogP contribution in [0.5, 0.6) is 0 Å². The summed E-state index contributed by atoms with van der Waals surface area (Å²) in [5.74, 6) is 0.584. The minimum atomic E-state index is -0.118. The second-order valence-electron chi connectivity index (χ2n) is 7.20. The van der Waals surface area contributed by atoms with Gasteiger partial charge in [-0.25, -0.2) is 4.39 Å². The van der Waals surface area contributed by atoms with Crippen molar-refractivity contribution in [2.45, 2.75) is 44.9 Å². The summed E-state index contributed by atoms with van der Waals surface area (Å²) in [4.78, 5) is 20.1. The first-order valence-electron chi connectivity index (χ1n) is 9.61. The van der Waals surface area contributed by atoms with Crippen LogP contribution in [0.2, 0.25) is 0 Å². The summed E-state index contributed by atoms with van der Waals surface area (Å²) in [6.45, 7) is 4.06. The van der Waals surface area contributed by atoms with Crippen molar-refractivity contribution in [1.29, 1.82) is 0 Å². The van der Waals surface area contributed by atoms with Gasteiger partial charge >= 0.3 is 0 Å². The Morgan fingerprint density at radius 1 is 1.20 bits per heavy atom. The molecule has 0 aromatic heterocycles. The van der Waals surface area contributed by atoms with Crippen LogP contribution in [0.1, 0.15) is 44.1 Å². The SMILES string of the molecule is O=C(CCN1CCCCO1)N1CCC[C@H](CCc2ccccc2F)C1. The average molecular weight is 348 g/mol. The number of hydrogen-bond donors (Lipinski definition) is 0. The highest BCUT2D eigenvalue weighted by molar-refractivity contribution is 5.76. The zero-order valence-corrected chi connectivity index (χ0v) is 15.0. The summed E-state index contributed by atoms with van der Waals surface area (Å²) in [7, 11) is 0. The van der Waals surface area contributed by atoms with Crippen molar-refractivity contribution in [1.82, 2.24) is 9.96 Å². The number of carbonyl (C=O) groups is 1. The van der Waals surface area contributed by atoms with Crippen LogP contribution in [0.15, 0.2) is 24.3 Å². The van der Waals surface area contributed by atoms with E-state index in [-0.39, 0.29) is 11.7 Å². The summed E-state index contributed by atoms with van der Waals surface area (Å²) >= 11 is 0. The van der Waals surface area contributed by atoms with E-state index in [2.05, 4.69) is 0 Å². The van der Waals surface area contributed by atoms with Gasteiger partial charge in [0.05, 0.1) is 6.61 Å². The van der Waals surface area contributed by atoms with Crippen LogP contribution in [0.4, 0.5) is 4.39 Å². The first kappa shape index (κ1) is 18.3. The predicted molar refractivity (Wildman–Crippen MR) is 95.4 cm³/mol. The molecular weight excluding hydrogens is 319 g/mol. The van der Waals surface area contributed by atoms with E-state index < -0.39 is 0 Å². The second-order valence-corrected chi connectivity index (χ2v) is 7.20. The summed E-state index contributed by atoms with van der Waals surface area (Å²) in [5.41, 5.74) is 0.785. The molecule has 2 saturated heterocycles. The Morgan fingerprint density at radius 3 is 2.88 bits per heavy atom. The third-order valence-electron chi connectivity index (χ3n) is 5.30. The lowest BCUT2D eigenvalue weighted by Crippen LogP contribution is -2.42. The van der Waals surface area contributed by atoms with Crippen LogP contribution in [0, 0.1) is 11.7 Å². The maximum absolute atomic E-state index is 13.7. The monoisotopic (exact) mass is 348 g/mol. The van der Waals surface area contributed by atoms with Crippen LogP contribution >= 0.6 is 0 Å². The van der Waals surface area contributed by atoms with Gasteiger partial charge in [-0.1, -0.05) is 18.2 Å². The van der Waals surface area contributed by atoms with E-state index in [4.69, 9.17) is 4.84 Å². The van der Waals surface area contributed by atoms with Gasteiger partial charge in [-0.3, -0.25) is 9.63 Å². The van der Waals surface area contributed by atoms with Gasteiger partial charge in [0.15, 0.2) is 0 Å². The number of benzene rings is 1. The van der Waals surface area contributed by atoms with Gasteiger partial charge in [0.25, 0.3) is 0 Å². The standard InChI is InChI=1S/C20H29FN2O2/c21-19-8-2-1-7-18(19)10-9-17-6-5-12-22(16-17)20(24)11-14-23-13-3-4-15-25-23/h1-2,7-8,17H,3-6,9-16H2/t17-/m1/s1. The minimum absolute atomic E-state index is 0.118. The van der Waals surface area contributed by atoms with Gasteiger partial charge in [0.1, 0.15) is 5.82 Å². The summed E-state index contributed by atoms with van der Waals surface area (Å²) in [6, 6.07) is 7.00. The Morgan fingerprint density at radius 2 is 2.08 bits per heavy atom. The Balaban J connectivity index is 1.42. The molecule has 0 aliphatic carbocycles. The number of nitrogens with zero attached hydrogens (tertiary/aromatic N) is 2. The molecule has 1 aromatic rings. The molecule has 1 amide bonds. The van der Waals surface area contributed by atoms with Crippen molar-refractivity contribution in [2.75, 3.05) is 32.8 Å². The van der Waals surface area contributed by atoms with E-state index in [9.17, 15) is 9.18 Å². The molecule has 4 nitrogen and oxygen atoms in total. The molecule has 0 unspecified atom stereocenters. The van der Waals surface area contributed by atoms with Crippen LogP contribution in [-0.4, -0.2) is 48.7 Å². The molecule has 5 heteroatoms. The lowest BCUT2D eigenvalue weighted by atomic mass is 9.91. The predicted octanol–water partition coefficient (Wildman–Crippen LogP) is 3.41. The summed E-state index contributed by atoms with van der Waals surface area (Å²) < 4.78 is 13.7. The highest BCUT2D eigenvalue weighted by atomic mass is 19.1. The van der Waals surface area contributed by atoms with Crippen molar-refractivity contribution in [3.63, 3.8) is 0 Å². The average Bonchev–Trinajstić information content (AvgIpc) is 2.66. The molecule has 25 heavy (non-hydrogen) atoms. The molecular formula is C20H29FN2O2. The molecule has 2 aliphatic heterocycles. The Labute approximate surface area is 149 Å². The molecule has 0 bridgehead atoms. The zero-order chi connectivity index (χ0) is 17.5. The first-order chi connectivity index (χ1) is 12.2. The van der Waals surface area contributed by atoms with Gasteiger partial charge < -0.3 is 4.90 Å². The molecule has 1 atom stereocenters. The zero-order valence-electron chi connectivity index (χ0n) is 15.0. The molecule has 3 rings (SSSR count). The van der Waals surface area contributed by atoms with Crippen molar-refractivity contribution in [2.24, 2.45) is 5.92 Å². The van der Waals surface area contributed by atoms with Crippen molar-refractivity contribution in [3.05, 3.63) is 35.6 Å². The van der Waals surface area contributed by atoms with Gasteiger partial charge in [-0.05, 0) is 56.1 Å². The second kappa shape index (κ2) is 9.30. The molecule has 0 N–H and O–H groups in total. The van der Waals surface area contributed by atoms with Crippen LogP contribution in [0.3, 0.4) is 0 Å². The number of amides is 1. The molecule has 138 valence electrons. The van der Waals surface area contributed by atoms with Gasteiger partial charge in [-0.15, -0.1) is 0 Å². The van der Waals surface area contributed by atoms with E-state index >= 15 is 0 Å². The number of aryl methyl sites for hydroxylation is 1. The topological polar surface area (TPSA) is 32.8 Å². The fourth-order valence-corrected chi connectivity index (χ4v) is 3.79.